The number of fused-ring (bicyclic) bond motifs is 2. The fourth-order valence-corrected chi connectivity index (χ4v) is 3.73. The molecule has 0 radical (unpaired) electrons. The van der Waals surface area contributed by atoms with Crippen molar-refractivity contribution in [3.8, 4) is 0 Å². The van der Waals surface area contributed by atoms with Crippen molar-refractivity contribution in [3.63, 3.8) is 0 Å². The standard InChI is InChI=1S/C22H25ClN4O2/c1-13(20-25-16-8-7-14(23)12-18(16)26-20)15-9-10-19-17(24-15)6-5-11-27(19)21(28)29-22(2,3)4/h7-10,12-13H,5-6,11H2,1-4H3,(H,25,26). The van der Waals surface area contributed by atoms with Crippen molar-refractivity contribution in [1.29, 1.82) is 0 Å². The molecule has 1 aliphatic heterocycles. The number of rotatable bonds is 2. The van der Waals surface area contributed by atoms with Crippen LogP contribution in [0.2, 0.25) is 5.02 Å². The number of halogens is 1. The molecule has 0 fully saturated rings. The molecule has 2 aromatic heterocycles. The van der Waals surface area contributed by atoms with Gasteiger partial charge in [0, 0.05) is 11.6 Å². The number of aromatic amines is 1. The first-order valence-electron chi connectivity index (χ1n) is 9.87. The van der Waals surface area contributed by atoms with Gasteiger partial charge in [0.25, 0.3) is 0 Å². The molecule has 1 aliphatic rings. The van der Waals surface area contributed by atoms with Gasteiger partial charge >= 0.3 is 6.09 Å². The Morgan fingerprint density at radius 1 is 1.24 bits per heavy atom. The highest BCUT2D eigenvalue weighted by atomic mass is 35.5. The second-order valence-electron chi connectivity index (χ2n) is 8.44. The van der Waals surface area contributed by atoms with Crippen LogP contribution in [0, 0.1) is 0 Å². The Labute approximate surface area is 175 Å². The zero-order valence-electron chi connectivity index (χ0n) is 17.1. The maximum atomic E-state index is 12.6. The average molecular weight is 413 g/mol. The lowest BCUT2D eigenvalue weighted by molar-refractivity contribution is 0.0577. The molecular formula is C22H25ClN4O2. The van der Waals surface area contributed by atoms with Crippen LogP contribution in [-0.2, 0) is 11.2 Å². The number of aromatic nitrogens is 3. The minimum Gasteiger partial charge on any atom is -0.443 e. The highest BCUT2D eigenvalue weighted by Gasteiger charge is 2.28. The number of pyridine rings is 1. The predicted molar refractivity (Wildman–Crippen MR) is 115 cm³/mol. The summed E-state index contributed by atoms with van der Waals surface area (Å²) in [5.74, 6) is 0.831. The van der Waals surface area contributed by atoms with Gasteiger partial charge in [0.15, 0.2) is 0 Å². The number of carbonyl (C=O) groups excluding carboxylic acids is 1. The highest BCUT2D eigenvalue weighted by molar-refractivity contribution is 6.31. The van der Waals surface area contributed by atoms with Crippen LogP contribution in [0.25, 0.3) is 11.0 Å². The highest BCUT2D eigenvalue weighted by Crippen LogP contribution is 2.31. The molecule has 1 N–H and O–H groups in total. The smallest absolute Gasteiger partial charge is 0.414 e. The molecule has 0 spiro atoms. The molecule has 1 atom stereocenters. The van der Waals surface area contributed by atoms with Gasteiger partial charge in [0.2, 0.25) is 0 Å². The first-order valence-corrected chi connectivity index (χ1v) is 10.2. The van der Waals surface area contributed by atoms with E-state index in [4.69, 9.17) is 21.3 Å². The Morgan fingerprint density at radius 2 is 2.03 bits per heavy atom. The van der Waals surface area contributed by atoms with Gasteiger partial charge in [-0.1, -0.05) is 11.6 Å². The number of nitrogens with zero attached hydrogens (tertiary/aromatic N) is 3. The second-order valence-corrected chi connectivity index (χ2v) is 8.88. The lowest BCUT2D eigenvalue weighted by Crippen LogP contribution is -2.40. The number of anilines is 1. The van der Waals surface area contributed by atoms with E-state index in [0.717, 1.165) is 46.8 Å². The summed E-state index contributed by atoms with van der Waals surface area (Å²) in [5, 5.41) is 0.675. The van der Waals surface area contributed by atoms with Crippen molar-refractivity contribution in [2.24, 2.45) is 0 Å². The summed E-state index contributed by atoms with van der Waals surface area (Å²) in [6, 6.07) is 9.55. The molecule has 3 aromatic rings. The van der Waals surface area contributed by atoms with Crippen LogP contribution in [0.1, 0.15) is 57.2 Å². The number of imidazole rings is 1. The Kier molecular flexibility index (Phi) is 4.99. The van der Waals surface area contributed by atoms with Gasteiger partial charge in [-0.2, -0.15) is 0 Å². The van der Waals surface area contributed by atoms with Crippen molar-refractivity contribution in [2.75, 3.05) is 11.4 Å². The van der Waals surface area contributed by atoms with Crippen molar-refractivity contribution < 1.29 is 9.53 Å². The Hall–Kier alpha value is -2.60. The fourth-order valence-electron chi connectivity index (χ4n) is 3.56. The van der Waals surface area contributed by atoms with Crippen molar-refractivity contribution in [1.82, 2.24) is 15.0 Å². The average Bonchev–Trinajstić information content (AvgIpc) is 3.08. The van der Waals surface area contributed by atoms with Crippen LogP contribution < -0.4 is 4.90 Å². The van der Waals surface area contributed by atoms with E-state index in [-0.39, 0.29) is 12.0 Å². The van der Waals surface area contributed by atoms with Gasteiger partial charge in [0.05, 0.1) is 34.0 Å². The summed E-state index contributed by atoms with van der Waals surface area (Å²) < 4.78 is 5.56. The zero-order chi connectivity index (χ0) is 20.8. The number of hydrogen-bond donors (Lipinski definition) is 1. The topological polar surface area (TPSA) is 71.1 Å². The molecule has 1 amide bonds. The van der Waals surface area contributed by atoms with Crippen LogP contribution in [0.4, 0.5) is 10.5 Å². The molecule has 29 heavy (non-hydrogen) atoms. The van der Waals surface area contributed by atoms with Crippen molar-refractivity contribution in [3.05, 3.63) is 52.6 Å². The third-order valence-electron chi connectivity index (χ3n) is 4.99. The van der Waals surface area contributed by atoms with Gasteiger partial charge in [-0.05, 0) is 70.9 Å². The maximum Gasteiger partial charge on any atom is 0.414 e. The van der Waals surface area contributed by atoms with E-state index < -0.39 is 5.60 Å². The lowest BCUT2D eigenvalue weighted by Gasteiger charge is -2.31. The minimum absolute atomic E-state index is 0.0108. The number of amides is 1. The SMILES string of the molecule is CC(c1ccc2c(n1)CCCN2C(=O)OC(C)(C)C)c1nc2ccc(Cl)cc2[nH]1. The van der Waals surface area contributed by atoms with Crippen molar-refractivity contribution in [2.45, 2.75) is 52.1 Å². The third-order valence-corrected chi connectivity index (χ3v) is 5.22. The number of carbonyl (C=O) groups is 1. The van der Waals surface area contributed by atoms with Gasteiger partial charge < -0.3 is 9.72 Å². The Balaban J connectivity index is 1.62. The molecule has 1 aromatic carbocycles. The number of H-pyrrole nitrogens is 1. The second kappa shape index (κ2) is 7.34. The summed E-state index contributed by atoms with van der Waals surface area (Å²) in [5.41, 5.74) is 3.93. The van der Waals surface area contributed by atoms with E-state index >= 15 is 0 Å². The molecule has 0 bridgehead atoms. The van der Waals surface area contributed by atoms with Crippen LogP contribution >= 0.6 is 11.6 Å². The molecule has 1 unspecified atom stereocenters. The summed E-state index contributed by atoms with van der Waals surface area (Å²) in [4.78, 5) is 27.2. The van der Waals surface area contributed by atoms with Crippen molar-refractivity contribution >= 4 is 34.4 Å². The molecule has 4 rings (SSSR count). The molecule has 0 saturated heterocycles. The number of nitrogens with one attached hydrogen (secondary N) is 1. The Bertz CT molecular complexity index is 1070. The monoisotopic (exact) mass is 412 g/mol. The lowest BCUT2D eigenvalue weighted by atomic mass is 10.0. The molecule has 3 heterocycles. The summed E-state index contributed by atoms with van der Waals surface area (Å²) in [6.07, 6.45) is 1.38. The van der Waals surface area contributed by atoms with E-state index in [1.54, 1.807) is 4.90 Å². The molecule has 0 saturated carbocycles. The number of ether oxygens (including phenoxy) is 1. The molecule has 152 valence electrons. The molecule has 7 heteroatoms. The fraction of sp³-hybridized carbons (Fsp3) is 0.409. The zero-order valence-corrected chi connectivity index (χ0v) is 17.9. The van der Waals surface area contributed by atoms with E-state index in [0.29, 0.717) is 11.6 Å². The molecular weight excluding hydrogens is 388 g/mol. The third kappa shape index (κ3) is 4.08. The van der Waals surface area contributed by atoms with E-state index in [1.807, 2.05) is 51.1 Å². The maximum absolute atomic E-state index is 12.6. The largest absolute Gasteiger partial charge is 0.443 e. The number of hydrogen-bond acceptors (Lipinski definition) is 4. The Morgan fingerprint density at radius 3 is 2.79 bits per heavy atom. The van der Waals surface area contributed by atoms with Crippen LogP contribution in [0.5, 0.6) is 0 Å². The number of aryl methyl sites for hydroxylation is 1. The molecule has 6 nitrogen and oxygen atoms in total. The normalized spacial score (nSPS) is 15.3. The predicted octanol–water partition coefficient (Wildman–Crippen LogP) is 5.45. The van der Waals surface area contributed by atoms with E-state index in [1.165, 1.54) is 0 Å². The van der Waals surface area contributed by atoms with Gasteiger partial charge in [0.1, 0.15) is 11.4 Å². The van der Waals surface area contributed by atoms with Crippen LogP contribution in [-0.4, -0.2) is 33.2 Å². The quantitative estimate of drug-likeness (QED) is 0.607. The van der Waals surface area contributed by atoms with Gasteiger partial charge in [-0.15, -0.1) is 0 Å². The summed E-state index contributed by atoms with van der Waals surface area (Å²) in [6.45, 7) is 8.34. The summed E-state index contributed by atoms with van der Waals surface area (Å²) >= 11 is 6.08. The minimum atomic E-state index is -0.527. The van der Waals surface area contributed by atoms with E-state index in [9.17, 15) is 4.79 Å². The summed E-state index contributed by atoms with van der Waals surface area (Å²) in [7, 11) is 0. The van der Waals surface area contributed by atoms with Gasteiger partial charge in [-0.25, -0.2) is 9.78 Å². The number of benzene rings is 1. The molecule has 0 aliphatic carbocycles. The van der Waals surface area contributed by atoms with Crippen LogP contribution in [0.15, 0.2) is 30.3 Å². The first-order chi connectivity index (χ1) is 13.7. The van der Waals surface area contributed by atoms with E-state index in [2.05, 4.69) is 16.9 Å². The van der Waals surface area contributed by atoms with Gasteiger partial charge in [-0.3, -0.25) is 9.88 Å². The van der Waals surface area contributed by atoms with Crippen LogP contribution in [0.3, 0.4) is 0 Å². The first kappa shape index (κ1) is 19.7.